The molecule has 0 spiro atoms. The van der Waals surface area contributed by atoms with Crippen LogP contribution in [0.15, 0.2) is 24.7 Å². The molecule has 4 heteroatoms. The van der Waals surface area contributed by atoms with E-state index >= 15 is 0 Å². The topological polar surface area (TPSA) is 43.6 Å². The van der Waals surface area contributed by atoms with E-state index in [0.717, 1.165) is 23.6 Å². The molecule has 0 bridgehead atoms. The number of hydrogen-bond acceptors (Lipinski definition) is 3. The lowest BCUT2D eigenvalue weighted by Gasteiger charge is -1.99. The minimum absolute atomic E-state index is 0.808. The van der Waals surface area contributed by atoms with Crippen LogP contribution in [0.3, 0.4) is 0 Å². The fourth-order valence-electron chi connectivity index (χ4n) is 1.23. The van der Waals surface area contributed by atoms with Crippen LogP contribution in [0.5, 0.6) is 0 Å². The standard InChI is InChI=1S/C10H12N4/c1-3-9-4-5-10(13-12-9)14-6-8(2)11-7-14/h4-7H,3H2,1-2H3. The predicted molar refractivity (Wildman–Crippen MR) is 53.3 cm³/mol. The summed E-state index contributed by atoms with van der Waals surface area (Å²) in [5.74, 6) is 0.808. The SMILES string of the molecule is CCc1ccc(-n2cnc(C)c2)nn1. The highest BCUT2D eigenvalue weighted by Gasteiger charge is 1.99. The summed E-state index contributed by atoms with van der Waals surface area (Å²) >= 11 is 0. The minimum atomic E-state index is 0.808. The minimum Gasteiger partial charge on any atom is -0.289 e. The number of rotatable bonds is 2. The van der Waals surface area contributed by atoms with Crippen LogP contribution in [0.1, 0.15) is 18.3 Å². The molecule has 0 atom stereocenters. The van der Waals surface area contributed by atoms with E-state index in [1.165, 1.54) is 0 Å². The van der Waals surface area contributed by atoms with Gasteiger partial charge in [-0.3, -0.25) is 4.57 Å². The summed E-state index contributed by atoms with van der Waals surface area (Å²) in [5, 5.41) is 8.19. The molecule has 2 rings (SSSR count). The molecule has 0 fully saturated rings. The number of hydrogen-bond donors (Lipinski definition) is 0. The van der Waals surface area contributed by atoms with Crippen LogP contribution >= 0.6 is 0 Å². The number of aryl methyl sites for hydroxylation is 2. The van der Waals surface area contributed by atoms with E-state index in [-0.39, 0.29) is 0 Å². The molecule has 0 saturated heterocycles. The van der Waals surface area contributed by atoms with E-state index in [1.54, 1.807) is 6.33 Å². The summed E-state index contributed by atoms with van der Waals surface area (Å²) in [6.07, 6.45) is 4.58. The molecular weight excluding hydrogens is 176 g/mol. The highest BCUT2D eigenvalue weighted by atomic mass is 15.2. The molecular formula is C10H12N4. The Hall–Kier alpha value is -1.71. The van der Waals surface area contributed by atoms with Gasteiger partial charge in [0.15, 0.2) is 5.82 Å². The third kappa shape index (κ3) is 1.64. The molecule has 0 aliphatic rings. The maximum atomic E-state index is 4.13. The first kappa shape index (κ1) is 8.87. The van der Waals surface area contributed by atoms with Gasteiger partial charge >= 0.3 is 0 Å². The number of imidazole rings is 1. The smallest absolute Gasteiger partial charge is 0.160 e. The molecule has 0 aliphatic carbocycles. The summed E-state index contributed by atoms with van der Waals surface area (Å²) in [6.45, 7) is 4.01. The van der Waals surface area contributed by atoms with Crippen molar-refractivity contribution in [3.8, 4) is 5.82 Å². The molecule has 0 N–H and O–H groups in total. The molecule has 14 heavy (non-hydrogen) atoms. The van der Waals surface area contributed by atoms with Gasteiger partial charge in [-0.2, -0.15) is 5.10 Å². The lowest BCUT2D eigenvalue weighted by atomic mass is 10.3. The average Bonchev–Trinajstić information content (AvgIpc) is 2.65. The van der Waals surface area contributed by atoms with Crippen molar-refractivity contribution in [1.29, 1.82) is 0 Å². The Balaban J connectivity index is 2.33. The molecule has 0 aliphatic heterocycles. The maximum absolute atomic E-state index is 4.13. The highest BCUT2D eigenvalue weighted by molar-refractivity contribution is 5.22. The largest absolute Gasteiger partial charge is 0.289 e. The zero-order valence-electron chi connectivity index (χ0n) is 8.31. The van der Waals surface area contributed by atoms with Gasteiger partial charge in [0, 0.05) is 6.20 Å². The van der Waals surface area contributed by atoms with Crippen molar-refractivity contribution in [3.63, 3.8) is 0 Å². The molecule has 0 amide bonds. The van der Waals surface area contributed by atoms with Gasteiger partial charge in [0.05, 0.1) is 11.4 Å². The van der Waals surface area contributed by atoms with Crippen LogP contribution in [-0.4, -0.2) is 19.7 Å². The van der Waals surface area contributed by atoms with E-state index in [2.05, 4.69) is 22.1 Å². The normalized spacial score (nSPS) is 10.4. The van der Waals surface area contributed by atoms with Gasteiger partial charge in [-0.15, -0.1) is 5.10 Å². The molecule has 72 valence electrons. The zero-order chi connectivity index (χ0) is 9.97. The summed E-state index contributed by atoms with van der Waals surface area (Å²) in [6, 6.07) is 3.94. The van der Waals surface area contributed by atoms with E-state index < -0.39 is 0 Å². The monoisotopic (exact) mass is 188 g/mol. The second-order valence-corrected chi connectivity index (χ2v) is 3.16. The van der Waals surface area contributed by atoms with Gasteiger partial charge in [-0.1, -0.05) is 6.92 Å². The van der Waals surface area contributed by atoms with Crippen LogP contribution < -0.4 is 0 Å². The Morgan fingerprint density at radius 1 is 1.29 bits per heavy atom. The molecule has 0 unspecified atom stereocenters. The van der Waals surface area contributed by atoms with Crippen molar-refractivity contribution in [2.45, 2.75) is 20.3 Å². The number of nitrogens with zero attached hydrogens (tertiary/aromatic N) is 4. The van der Waals surface area contributed by atoms with Crippen LogP contribution in [0, 0.1) is 6.92 Å². The van der Waals surface area contributed by atoms with Crippen LogP contribution in [0.4, 0.5) is 0 Å². The first-order valence-electron chi connectivity index (χ1n) is 4.63. The molecule has 0 saturated carbocycles. The second-order valence-electron chi connectivity index (χ2n) is 3.16. The van der Waals surface area contributed by atoms with Gasteiger partial charge < -0.3 is 0 Å². The highest BCUT2D eigenvalue weighted by Crippen LogP contribution is 2.04. The van der Waals surface area contributed by atoms with Gasteiger partial charge in [0.1, 0.15) is 6.33 Å². The van der Waals surface area contributed by atoms with E-state index in [0.29, 0.717) is 0 Å². The lowest BCUT2D eigenvalue weighted by molar-refractivity contribution is 0.863. The Morgan fingerprint density at radius 3 is 2.64 bits per heavy atom. The molecule has 2 aromatic rings. The summed E-state index contributed by atoms with van der Waals surface area (Å²) in [7, 11) is 0. The Bertz CT molecular complexity index is 416. The van der Waals surface area contributed by atoms with E-state index in [4.69, 9.17) is 0 Å². The van der Waals surface area contributed by atoms with Crippen molar-refractivity contribution in [3.05, 3.63) is 36.0 Å². The van der Waals surface area contributed by atoms with Gasteiger partial charge in [0.25, 0.3) is 0 Å². The predicted octanol–water partition coefficient (Wildman–Crippen LogP) is 1.53. The fourth-order valence-corrected chi connectivity index (χ4v) is 1.23. The zero-order valence-corrected chi connectivity index (χ0v) is 8.31. The lowest BCUT2D eigenvalue weighted by Crippen LogP contribution is -1.98. The number of aromatic nitrogens is 4. The van der Waals surface area contributed by atoms with Gasteiger partial charge in [-0.05, 0) is 25.5 Å². The summed E-state index contributed by atoms with van der Waals surface area (Å²) in [5.41, 5.74) is 1.98. The Labute approximate surface area is 82.6 Å². The van der Waals surface area contributed by atoms with Crippen molar-refractivity contribution in [1.82, 2.24) is 19.7 Å². The molecule has 4 nitrogen and oxygen atoms in total. The molecule has 0 radical (unpaired) electrons. The second kappa shape index (κ2) is 3.57. The van der Waals surface area contributed by atoms with Crippen molar-refractivity contribution < 1.29 is 0 Å². The Morgan fingerprint density at radius 2 is 2.14 bits per heavy atom. The first-order chi connectivity index (χ1) is 6.79. The third-order valence-corrected chi connectivity index (χ3v) is 2.04. The fraction of sp³-hybridized carbons (Fsp3) is 0.300. The van der Waals surface area contributed by atoms with Crippen LogP contribution in [0.2, 0.25) is 0 Å². The molecule has 2 aromatic heterocycles. The van der Waals surface area contributed by atoms with Gasteiger partial charge in [-0.25, -0.2) is 4.98 Å². The summed E-state index contributed by atoms with van der Waals surface area (Å²) < 4.78 is 1.86. The van der Waals surface area contributed by atoms with Gasteiger partial charge in [0.2, 0.25) is 0 Å². The maximum Gasteiger partial charge on any atom is 0.160 e. The van der Waals surface area contributed by atoms with Crippen molar-refractivity contribution in [2.75, 3.05) is 0 Å². The van der Waals surface area contributed by atoms with E-state index in [9.17, 15) is 0 Å². The quantitative estimate of drug-likeness (QED) is 0.717. The van der Waals surface area contributed by atoms with Crippen molar-refractivity contribution >= 4 is 0 Å². The van der Waals surface area contributed by atoms with Crippen molar-refractivity contribution in [2.24, 2.45) is 0 Å². The third-order valence-electron chi connectivity index (χ3n) is 2.04. The molecule has 0 aromatic carbocycles. The van der Waals surface area contributed by atoms with Crippen LogP contribution in [-0.2, 0) is 6.42 Å². The summed E-state index contributed by atoms with van der Waals surface area (Å²) in [4.78, 5) is 4.13. The molecule has 2 heterocycles. The first-order valence-corrected chi connectivity index (χ1v) is 4.63. The van der Waals surface area contributed by atoms with Crippen LogP contribution in [0.25, 0.3) is 5.82 Å². The van der Waals surface area contributed by atoms with E-state index in [1.807, 2.05) is 29.8 Å². The Kier molecular flexibility index (Phi) is 2.26. The average molecular weight is 188 g/mol.